The van der Waals surface area contributed by atoms with Crippen molar-refractivity contribution in [1.29, 1.82) is 0 Å². The summed E-state index contributed by atoms with van der Waals surface area (Å²) in [6.07, 6.45) is 6.42. The standard InChI is InChI=1S/C33H32IN/c1-32(2)28-10-4-6-12-30(28)35(31-13-7-5-11-29(31)32)27-20-16-25(17-21-27)33(22-8-3-9-23-33)24-14-18-26(34)19-15-24/h4-7,10-21H,3,8-9,22-23H2,1-2H3. The molecule has 1 nitrogen and oxygen atoms in total. The maximum absolute atomic E-state index is 2.46. The van der Waals surface area contributed by atoms with E-state index in [4.69, 9.17) is 0 Å². The lowest BCUT2D eigenvalue weighted by molar-refractivity contribution is 0.346. The Labute approximate surface area is 223 Å². The Hall–Kier alpha value is -2.59. The van der Waals surface area contributed by atoms with Crippen LogP contribution in [0.15, 0.2) is 97.1 Å². The molecule has 0 aromatic heterocycles. The predicted molar refractivity (Wildman–Crippen MR) is 156 cm³/mol. The molecule has 1 saturated carbocycles. The van der Waals surface area contributed by atoms with Crippen molar-refractivity contribution in [2.24, 2.45) is 0 Å². The van der Waals surface area contributed by atoms with Crippen molar-refractivity contribution >= 4 is 39.7 Å². The van der Waals surface area contributed by atoms with Gasteiger partial charge in [0.1, 0.15) is 0 Å². The summed E-state index contributed by atoms with van der Waals surface area (Å²) in [5.41, 5.74) is 9.60. The minimum Gasteiger partial charge on any atom is -0.310 e. The van der Waals surface area contributed by atoms with E-state index in [0.717, 1.165) is 0 Å². The Bertz CT molecular complexity index is 1300. The first-order chi connectivity index (χ1) is 17.0. The number of rotatable bonds is 3. The highest BCUT2D eigenvalue weighted by Gasteiger charge is 2.38. The molecule has 1 aliphatic carbocycles. The van der Waals surface area contributed by atoms with Crippen LogP contribution in [0.1, 0.15) is 68.2 Å². The molecule has 0 amide bonds. The lowest BCUT2D eigenvalue weighted by Gasteiger charge is -2.42. The fourth-order valence-corrected chi connectivity index (χ4v) is 6.90. The number of benzene rings is 4. The molecule has 0 saturated heterocycles. The second-order valence-electron chi connectivity index (χ2n) is 10.7. The first-order valence-corrected chi connectivity index (χ1v) is 13.9. The lowest BCUT2D eigenvalue weighted by Crippen LogP contribution is -2.31. The van der Waals surface area contributed by atoms with Gasteiger partial charge in [-0.2, -0.15) is 0 Å². The fourth-order valence-electron chi connectivity index (χ4n) is 6.55. The van der Waals surface area contributed by atoms with Crippen molar-refractivity contribution in [1.82, 2.24) is 0 Å². The zero-order valence-electron chi connectivity index (χ0n) is 20.6. The van der Waals surface area contributed by atoms with E-state index in [1.54, 1.807) is 0 Å². The highest BCUT2D eigenvalue weighted by Crippen LogP contribution is 2.52. The molecule has 0 N–H and O–H groups in total. The number of fused-ring (bicyclic) bond motifs is 2. The second kappa shape index (κ2) is 8.81. The van der Waals surface area contributed by atoms with Gasteiger partial charge in [0.25, 0.3) is 0 Å². The molecule has 4 aromatic rings. The van der Waals surface area contributed by atoms with E-state index in [0.29, 0.717) is 0 Å². The van der Waals surface area contributed by atoms with Gasteiger partial charge < -0.3 is 4.90 Å². The molecule has 0 bridgehead atoms. The van der Waals surface area contributed by atoms with E-state index in [-0.39, 0.29) is 10.8 Å². The summed E-state index contributed by atoms with van der Waals surface area (Å²) in [5.74, 6) is 0. The molecule has 0 spiro atoms. The number of halogens is 1. The van der Waals surface area contributed by atoms with Crippen LogP contribution in [0.25, 0.3) is 0 Å². The average molecular weight is 570 g/mol. The molecule has 4 aromatic carbocycles. The maximum atomic E-state index is 2.46. The molecule has 0 atom stereocenters. The number of hydrogen-bond donors (Lipinski definition) is 0. The fraction of sp³-hybridized carbons (Fsp3) is 0.273. The van der Waals surface area contributed by atoms with E-state index in [2.05, 4.69) is 138 Å². The van der Waals surface area contributed by atoms with E-state index in [1.165, 1.54) is 75.0 Å². The third kappa shape index (κ3) is 3.72. The van der Waals surface area contributed by atoms with Crippen LogP contribution in [0.3, 0.4) is 0 Å². The third-order valence-corrected chi connectivity index (χ3v) is 9.14. The minimum absolute atomic E-state index is 0.0272. The molecule has 2 aliphatic rings. The topological polar surface area (TPSA) is 3.24 Å². The van der Waals surface area contributed by atoms with Crippen LogP contribution in [0.2, 0.25) is 0 Å². The number of nitrogens with zero attached hydrogens (tertiary/aromatic N) is 1. The van der Waals surface area contributed by atoms with Gasteiger partial charge in [-0.3, -0.25) is 0 Å². The molecule has 176 valence electrons. The van der Waals surface area contributed by atoms with E-state index < -0.39 is 0 Å². The molecule has 35 heavy (non-hydrogen) atoms. The number of para-hydroxylation sites is 2. The number of hydrogen-bond acceptors (Lipinski definition) is 1. The van der Waals surface area contributed by atoms with Gasteiger partial charge in [0.15, 0.2) is 0 Å². The zero-order valence-corrected chi connectivity index (χ0v) is 22.8. The van der Waals surface area contributed by atoms with Gasteiger partial charge in [0.05, 0.1) is 11.4 Å². The molecule has 1 aliphatic heterocycles. The van der Waals surface area contributed by atoms with Gasteiger partial charge in [-0.15, -0.1) is 0 Å². The van der Waals surface area contributed by atoms with Crippen LogP contribution in [0.4, 0.5) is 17.1 Å². The normalized spacial score (nSPS) is 18.0. The predicted octanol–water partition coefficient (Wildman–Crippen LogP) is 9.65. The summed E-state index contributed by atoms with van der Waals surface area (Å²) in [7, 11) is 0. The Morgan fingerprint density at radius 3 is 1.63 bits per heavy atom. The van der Waals surface area contributed by atoms with E-state index >= 15 is 0 Å². The van der Waals surface area contributed by atoms with E-state index in [1.807, 2.05) is 0 Å². The molecule has 0 radical (unpaired) electrons. The zero-order chi connectivity index (χ0) is 24.0. The largest absolute Gasteiger partial charge is 0.310 e. The summed E-state index contributed by atoms with van der Waals surface area (Å²) < 4.78 is 1.30. The molecule has 0 unspecified atom stereocenters. The monoisotopic (exact) mass is 569 g/mol. The minimum atomic E-state index is -0.0272. The summed E-state index contributed by atoms with van der Waals surface area (Å²) in [6, 6.07) is 36.6. The van der Waals surface area contributed by atoms with Crippen molar-refractivity contribution < 1.29 is 0 Å². The molecular formula is C33H32IN. The van der Waals surface area contributed by atoms with Crippen molar-refractivity contribution in [2.75, 3.05) is 4.90 Å². The first-order valence-electron chi connectivity index (χ1n) is 12.9. The van der Waals surface area contributed by atoms with Gasteiger partial charge in [0.2, 0.25) is 0 Å². The van der Waals surface area contributed by atoms with Crippen LogP contribution in [0, 0.1) is 3.57 Å². The van der Waals surface area contributed by atoms with Gasteiger partial charge in [-0.05, 0) is 94.1 Å². The Morgan fingerprint density at radius 2 is 1.09 bits per heavy atom. The Balaban J connectivity index is 1.46. The SMILES string of the molecule is CC1(C)c2ccccc2N(c2ccc(C3(c4ccc(I)cc4)CCCCC3)cc2)c2ccccc21. The molecule has 2 heteroatoms. The van der Waals surface area contributed by atoms with Gasteiger partial charge in [-0.25, -0.2) is 0 Å². The molecular weight excluding hydrogens is 537 g/mol. The van der Waals surface area contributed by atoms with Crippen LogP contribution in [-0.2, 0) is 10.8 Å². The summed E-state index contributed by atoms with van der Waals surface area (Å²) in [5, 5.41) is 0. The first kappa shape index (κ1) is 22.8. The summed E-state index contributed by atoms with van der Waals surface area (Å²) in [4.78, 5) is 2.46. The molecule has 1 heterocycles. The highest BCUT2D eigenvalue weighted by molar-refractivity contribution is 14.1. The second-order valence-corrected chi connectivity index (χ2v) is 11.9. The lowest BCUT2D eigenvalue weighted by atomic mass is 9.65. The summed E-state index contributed by atoms with van der Waals surface area (Å²) >= 11 is 2.41. The van der Waals surface area contributed by atoms with Crippen molar-refractivity contribution in [3.8, 4) is 0 Å². The third-order valence-electron chi connectivity index (χ3n) is 8.42. The van der Waals surface area contributed by atoms with Crippen LogP contribution >= 0.6 is 22.6 Å². The van der Waals surface area contributed by atoms with Crippen molar-refractivity contribution in [3.05, 3.63) is 123 Å². The highest BCUT2D eigenvalue weighted by atomic mass is 127. The van der Waals surface area contributed by atoms with Gasteiger partial charge in [0, 0.05) is 20.1 Å². The number of anilines is 3. The Kier molecular flexibility index (Phi) is 5.75. The average Bonchev–Trinajstić information content (AvgIpc) is 2.90. The Morgan fingerprint density at radius 1 is 0.600 bits per heavy atom. The quantitative estimate of drug-likeness (QED) is 0.222. The van der Waals surface area contributed by atoms with Crippen molar-refractivity contribution in [2.45, 2.75) is 56.8 Å². The van der Waals surface area contributed by atoms with Crippen LogP contribution < -0.4 is 4.90 Å². The van der Waals surface area contributed by atoms with Crippen molar-refractivity contribution in [3.63, 3.8) is 0 Å². The molecule has 1 fully saturated rings. The smallest absolute Gasteiger partial charge is 0.0502 e. The summed E-state index contributed by atoms with van der Waals surface area (Å²) in [6.45, 7) is 4.69. The van der Waals surface area contributed by atoms with Crippen LogP contribution in [-0.4, -0.2) is 0 Å². The van der Waals surface area contributed by atoms with Gasteiger partial charge in [-0.1, -0.05) is 93.8 Å². The van der Waals surface area contributed by atoms with Gasteiger partial charge >= 0.3 is 0 Å². The van der Waals surface area contributed by atoms with Crippen LogP contribution in [0.5, 0.6) is 0 Å². The maximum Gasteiger partial charge on any atom is 0.0502 e. The van der Waals surface area contributed by atoms with E-state index in [9.17, 15) is 0 Å². The molecule has 6 rings (SSSR count).